The van der Waals surface area contributed by atoms with Crippen LogP contribution < -0.4 is 5.32 Å². The molecule has 4 aliphatic rings. The standard InChI is InChI=1S/C29H26ClNO5/c1-15-21(14-32)22(33)12-19-9-17-10-20-25(27(35)24(17)28-29(15,19)36-28)23(34)11-18(26(20)30)13-31-8-7-16-5-3-2-4-6-16/h2-6,11,14,17,19,31,33-34H,1,7-10,12-13H2/t17?,19-,29-/m0/s1. The summed E-state index contributed by atoms with van der Waals surface area (Å²) in [4.78, 5) is 25.2. The summed E-state index contributed by atoms with van der Waals surface area (Å²) in [5.41, 5.74) is 3.07. The van der Waals surface area contributed by atoms with Crippen molar-refractivity contribution in [2.45, 2.75) is 37.8 Å². The number of epoxide rings is 1. The molecule has 1 fully saturated rings. The van der Waals surface area contributed by atoms with Crippen molar-refractivity contribution in [3.05, 3.63) is 98.5 Å². The minimum Gasteiger partial charge on any atom is -0.512 e. The first-order valence-electron chi connectivity index (χ1n) is 12.2. The number of Topliss-reactive ketones (excluding diaryl/α,β-unsaturated/α-hetero) is 1. The van der Waals surface area contributed by atoms with Crippen LogP contribution in [0.3, 0.4) is 0 Å². The molecule has 6 nitrogen and oxygen atoms in total. The predicted molar refractivity (Wildman–Crippen MR) is 135 cm³/mol. The number of hydrogen-bond donors (Lipinski definition) is 3. The quantitative estimate of drug-likeness (QED) is 0.299. The van der Waals surface area contributed by atoms with E-state index in [2.05, 4.69) is 24.0 Å². The molecule has 6 rings (SSSR count). The van der Waals surface area contributed by atoms with E-state index in [0.29, 0.717) is 59.6 Å². The lowest BCUT2D eigenvalue weighted by Crippen LogP contribution is -2.39. The number of aldehydes is 1. The van der Waals surface area contributed by atoms with E-state index in [1.54, 1.807) is 6.07 Å². The van der Waals surface area contributed by atoms with Gasteiger partial charge < -0.3 is 20.3 Å². The van der Waals surface area contributed by atoms with Crippen LogP contribution in [-0.2, 0) is 28.9 Å². The number of carbonyl (C=O) groups excluding carboxylic acids is 2. The van der Waals surface area contributed by atoms with Crippen LogP contribution in [0.5, 0.6) is 5.75 Å². The molecular weight excluding hydrogens is 478 g/mol. The minimum absolute atomic E-state index is 0.0194. The van der Waals surface area contributed by atoms with Crippen LogP contribution in [0.15, 0.2) is 71.2 Å². The van der Waals surface area contributed by atoms with E-state index >= 15 is 0 Å². The fraction of sp³-hybridized carbons (Fsp3) is 0.310. The van der Waals surface area contributed by atoms with Gasteiger partial charge in [0.15, 0.2) is 23.4 Å². The van der Waals surface area contributed by atoms with Gasteiger partial charge in [-0.2, -0.15) is 0 Å². The van der Waals surface area contributed by atoms with E-state index in [9.17, 15) is 19.8 Å². The van der Waals surface area contributed by atoms with Crippen molar-refractivity contribution < 1.29 is 24.5 Å². The summed E-state index contributed by atoms with van der Waals surface area (Å²) in [5, 5.41) is 25.2. The molecule has 0 bridgehead atoms. The predicted octanol–water partition coefficient (Wildman–Crippen LogP) is 4.75. The highest BCUT2D eigenvalue weighted by molar-refractivity contribution is 6.33. The van der Waals surface area contributed by atoms with E-state index in [1.165, 1.54) is 5.56 Å². The van der Waals surface area contributed by atoms with Gasteiger partial charge in [-0.1, -0.05) is 48.5 Å². The van der Waals surface area contributed by atoms with Gasteiger partial charge >= 0.3 is 0 Å². The summed E-state index contributed by atoms with van der Waals surface area (Å²) in [5.74, 6) is -0.0753. The van der Waals surface area contributed by atoms with Crippen LogP contribution in [0.4, 0.5) is 0 Å². The van der Waals surface area contributed by atoms with Gasteiger partial charge in [-0.3, -0.25) is 9.59 Å². The molecule has 0 saturated carbocycles. The second-order valence-electron chi connectivity index (χ2n) is 10.0. The summed E-state index contributed by atoms with van der Waals surface area (Å²) >= 11 is 6.81. The first-order chi connectivity index (χ1) is 17.4. The number of halogens is 1. The summed E-state index contributed by atoms with van der Waals surface area (Å²) in [7, 11) is 0. The van der Waals surface area contributed by atoms with Crippen molar-refractivity contribution >= 4 is 23.7 Å². The van der Waals surface area contributed by atoms with Crippen LogP contribution in [0.25, 0.3) is 0 Å². The smallest absolute Gasteiger partial charge is 0.196 e. The average molecular weight is 504 g/mol. The van der Waals surface area contributed by atoms with Crippen molar-refractivity contribution in [2.75, 3.05) is 6.54 Å². The van der Waals surface area contributed by atoms with Gasteiger partial charge in [-0.05, 0) is 54.5 Å². The van der Waals surface area contributed by atoms with E-state index in [-0.39, 0.29) is 40.3 Å². The Kier molecular flexibility index (Phi) is 5.36. The zero-order valence-corrected chi connectivity index (χ0v) is 20.4. The largest absolute Gasteiger partial charge is 0.512 e. The zero-order valence-electron chi connectivity index (χ0n) is 19.6. The molecular formula is C29H26ClNO5. The maximum Gasteiger partial charge on any atom is 0.196 e. The number of ketones is 1. The van der Waals surface area contributed by atoms with Gasteiger partial charge in [0.05, 0.1) is 11.1 Å². The molecule has 1 spiro atoms. The van der Waals surface area contributed by atoms with Gasteiger partial charge in [0.25, 0.3) is 0 Å². The normalized spacial score (nSPS) is 26.0. The van der Waals surface area contributed by atoms with Gasteiger partial charge in [-0.25, -0.2) is 0 Å². The number of nitrogens with one attached hydrogen (secondary N) is 1. The Morgan fingerprint density at radius 3 is 2.75 bits per heavy atom. The van der Waals surface area contributed by atoms with Crippen molar-refractivity contribution in [1.82, 2.24) is 5.32 Å². The fourth-order valence-electron chi connectivity index (χ4n) is 6.29. The van der Waals surface area contributed by atoms with Crippen molar-refractivity contribution in [3.63, 3.8) is 0 Å². The van der Waals surface area contributed by atoms with Gasteiger partial charge in [0.1, 0.15) is 11.5 Å². The monoisotopic (exact) mass is 503 g/mol. The number of phenolic OH excluding ortho intramolecular Hbond substituents is 1. The lowest BCUT2D eigenvalue weighted by molar-refractivity contribution is -0.105. The first-order valence-corrected chi connectivity index (χ1v) is 12.6. The number of allylic oxidation sites excluding steroid dienone is 2. The van der Waals surface area contributed by atoms with Crippen LogP contribution >= 0.6 is 11.6 Å². The molecule has 36 heavy (non-hydrogen) atoms. The fourth-order valence-corrected chi connectivity index (χ4v) is 6.58. The van der Waals surface area contributed by atoms with Gasteiger partial charge in [0.2, 0.25) is 0 Å². The Morgan fingerprint density at radius 2 is 2.00 bits per heavy atom. The third-order valence-electron chi connectivity index (χ3n) is 8.08. The SMILES string of the molecule is C=C1C(C=O)=C(O)C[C@@H]2CC3Cc4c(Cl)c(CNCCc5ccccc5)cc(O)c4C(=O)C3=C3O[C@]132. The topological polar surface area (TPSA) is 99.2 Å². The molecule has 1 unspecified atom stereocenters. The summed E-state index contributed by atoms with van der Waals surface area (Å²) in [6.45, 7) is 5.25. The molecule has 3 aliphatic carbocycles. The maximum absolute atomic E-state index is 13.7. The second kappa shape index (κ2) is 8.36. The van der Waals surface area contributed by atoms with Gasteiger partial charge in [0, 0.05) is 35.1 Å². The Morgan fingerprint density at radius 1 is 1.22 bits per heavy atom. The molecule has 2 aromatic rings. The summed E-state index contributed by atoms with van der Waals surface area (Å²) in [6, 6.07) is 11.7. The van der Waals surface area contributed by atoms with E-state index in [0.717, 1.165) is 18.5 Å². The number of aliphatic hydroxyl groups excluding tert-OH is 1. The Balaban J connectivity index is 1.28. The molecule has 0 radical (unpaired) electrons. The Bertz CT molecular complexity index is 1390. The number of hydrogen-bond acceptors (Lipinski definition) is 6. The molecule has 1 aliphatic heterocycles. The number of rotatable bonds is 6. The molecule has 184 valence electrons. The minimum atomic E-state index is -0.899. The number of aromatic hydroxyl groups is 1. The number of phenols is 1. The molecule has 3 atom stereocenters. The molecule has 7 heteroatoms. The highest BCUT2D eigenvalue weighted by Crippen LogP contribution is 2.65. The Hall–Kier alpha value is -3.35. The van der Waals surface area contributed by atoms with Gasteiger partial charge in [-0.15, -0.1) is 0 Å². The van der Waals surface area contributed by atoms with E-state index in [4.69, 9.17) is 16.3 Å². The van der Waals surface area contributed by atoms with Crippen LogP contribution in [0.2, 0.25) is 5.02 Å². The van der Waals surface area contributed by atoms with Crippen molar-refractivity contribution in [3.8, 4) is 5.75 Å². The average Bonchev–Trinajstić information content (AvgIpc) is 3.61. The Labute approximate surface area is 213 Å². The number of ether oxygens (including phenoxy) is 1. The molecule has 1 saturated heterocycles. The number of benzene rings is 2. The molecule has 1 heterocycles. The summed E-state index contributed by atoms with van der Waals surface area (Å²) < 4.78 is 6.04. The van der Waals surface area contributed by atoms with Crippen LogP contribution in [-0.4, -0.2) is 34.4 Å². The van der Waals surface area contributed by atoms with Crippen molar-refractivity contribution in [2.24, 2.45) is 11.8 Å². The maximum atomic E-state index is 13.7. The van der Waals surface area contributed by atoms with Crippen LogP contribution in [0.1, 0.15) is 39.9 Å². The molecule has 0 aromatic heterocycles. The molecule has 2 aromatic carbocycles. The molecule has 3 N–H and O–H groups in total. The lowest BCUT2D eigenvalue weighted by Gasteiger charge is -2.37. The first kappa shape index (κ1) is 23.1. The van der Waals surface area contributed by atoms with Crippen molar-refractivity contribution in [1.29, 1.82) is 0 Å². The second-order valence-corrected chi connectivity index (χ2v) is 10.4. The third-order valence-corrected chi connectivity index (χ3v) is 8.56. The van der Waals surface area contributed by atoms with E-state index in [1.807, 2.05) is 18.2 Å². The number of carbonyl (C=O) groups is 2. The summed E-state index contributed by atoms with van der Waals surface area (Å²) in [6.07, 6.45) is 2.85. The van der Waals surface area contributed by atoms with E-state index < -0.39 is 5.60 Å². The third kappa shape index (κ3) is 3.28. The number of fused-ring (bicyclic) bond motifs is 2. The highest BCUT2D eigenvalue weighted by atomic mass is 35.5. The van der Waals surface area contributed by atoms with Crippen LogP contribution in [0, 0.1) is 11.8 Å². The zero-order chi connectivity index (χ0) is 25.2. The molecule has 0 amide bonds. The highest BCUT2D eigenvalue weighted by Gasteiger charge is 2.68. The number of aliphatic hydroxyl groups is 1. The lowest BCUT2D eigenvalue weighted by atomic mass is 9.62.